The predicted octanol–water partition coefficient (Wildman–Crippen LogP) is 1.64. The van der Waals surface area contributed by atoms with Crippen LogP contribution in [0.15, 0.2) is 18.3 Å². The quantitative estimate of drug-likeness (QED) is 0.860. The summed E-state index contributed by atoms with van der Waals surface area (Å²) in [6.07, 6.45) is 5.19. The van der Waals surface area contributed by atoms with Crippen molar-refractivity contribution < 1.29 is 14.6 Å². The van der Waals surface area contributed by atoms with E-state index in [4.69, 9.17) is 9.84 Å². The van der Waals surface area contributed by atoms with Gasteiger partial charge in [0.25, 0.3) is 0 Å². The topological polar surface area (TPSA) is 62.7 Å². The van der Waals surface area contributed by atoms with Gasteiger partial charge < -0.3 is 9.84 Å². The number of aromatic carboxylic acids is 1. The molecule has 0 spiro atoms. The molecule has 5 heteroatoms. The van der Waals surface area contributed by atoms with E-state index in [1.54, 1.807) is 6.07 Å². The summed E-state index contributed by atoms with van der Waals surface area (Å²) in [5, 5.41) is 8.73. The van der Waals surface area contributed by atoms with E-state index in [1.807, 2.05) is 0 Å². The molecule has 5 nitrogen and oxygen atoms in total. The molecule has 1 fully saturated rings. The Balaban J connectivity index is 1.74. The molecule has 0 unspecified atom stereocenters. The molecular weight excluding hydrogens is 232 g/mol. The Morgan fingerprint density at radius 2 is 2.11 bits per heavy atom. The van der Waals surface area contributed by atoms with E-state index >= 15 is 0 Å². The van der Waals surface area contributed by atoms with E-state index in [2.05, 4.69) is 9.88 Å². The van der Waals surface area contributed by atoms with Crippen LogP contribution in [0, 0.1) is 0 Å². The lowest BCUT2D eigenvalue weighted by molar-refractivity contribution is 0.0696. The van der Waals surface area contributed by atoms with Crippen LogP contribution in [-0.2, 0) is 0 Å². The Morgan fingerprint density at radius 3 is 2.72 bits per heavy atom. The third-order valence-electron chi connectivity index (χ3n) is 3.09. The number of nitrogens with zero attached hydrogens (tertiary/aromatic N) is 2. The minimum absolute atomic E-state index is 0.179. The molecule has 0 amide bonds. The molecule has 98 valence electrons. The van der Waals surface area contributed by atoms with E-state index in [0.717, 1.165) is 19.6 Å². The summed E-state index contributed by atoms with van der Waals surface area (Å²) < 4.78 is 5.50. The van der Waals surface area contributed by atoms with Gasteiger partial charge in [-0.15, -0.1) is 0 Å². The third-order valence-corrected chi connectivity index (χ3v) is 3.09. The normalized spacial score (nSPS) is 16.4. The highest BCUT2D eigenvalue weighted by Gasteiger charge is 2.09. The number of pyridine rings is 1. The first-order chi connectivity index (χ1) is 8.75. The molecule has 1 aromatic heterocycles. The summed E-state index contributed by atoms with van der Waals surface area (Å²) in [4.78, 5) is 17.0. The molecule has 1 aliphatic rings. The monoisotopic (exact) mass is 250 g/mol. The number of ether oxygens (including phenoxy) is 1. The maximum absolute atomic E-state index is 10.6. The summed E-state index contributed by atoms with van der Waals surface area (Å²) in [7, 11) is 0. The van der Waals surface area contributed by atoms with Gasteiger partial charge in [-0.25, -0.2) is 9.78 Å². The van der Waals surface area contributed by atoms with Crippen molar-refractivity contribution in [3.8, 4) is 5.88 Å². The summed E-state index contributed by atoms with van der Waals surface area (Å²) in [5.74, 6) is -0.487. The number of carbonyl (C=O) groups is 1. The van der Waals surface area contributed by atoms with Crippen LogP contribution in [0.5, 0.6) is 5.88 Å². The number of aromatic nitrogens is 1. The highest BCUT2D eigenvalue weighted by Crippen LogP contribution is 2.10. The highest BCUT2D eigenvalue weighted by molar-refractivity contribution is 5.87. The molecular formula is C13H18N2O3. The predicted molar refractivity (Wildman–Crippen MR) is 67.0 cm³/mol. The summed E-state index contributed by atoms with van der Waals surface area (Å²) in [6.45, 7) is 3.80. The minimum Gasteiger partial charge on any atom is -0.478 e. The molecule has 18 heavy (non-hydrogen) atoms. The van der Waals surface area contributed by atoms with Gasteiger partial charge in [0.1, 0.15) is 6.61 Å². The number of carboxylic acids is 1. The fourth-order valence-electron chi connectivity index (χ4n) is 2.05. The van der Waals surface area contributed by atoms with Crippen molar-refractivity contribution in [3.05, 3.63) is 23.9 Å². The molecule has 0 atom stereocenters. The molecule has 0 radical (unpaired) electrons. The smallest absolute Gasteiger partial charge is 0.337 e. The molecule has 1 aromatic rings. The van der Waals surface area contributed by atoms with E-state index in [1.165, 1.54) is 31.5 Å². The first-order valence-corrected chi connectivity index (χ1v) is 6.30. The van der Waals surface area contributed by atoms with Crippen molar-refractivity contribution in [2.45, 2.75) is 19.3 Å². The molecule has 2 heterocycles. The average Bonchev–Trinajstić information content (AvgIpc) is 2.40. The van der Waals surface area contributed by atoms with Gasteiger partial charge in [-0.05, 0) is 32.0 Å². The molecule has 0 bridgehead atoms. The van der Waals surface area contributed by atoms with Crippen LogP contribution in [0.25, 0.3) is 0 Å². The number of hydrogen-bond acceptors (Lipinski definition) is 4. The van der Waals surface area contributed by atoms with Crippen molar-refractivity contribution in [1.29, 1.82) is 0 Å². The molecule has 1 N–H and O–H groups in total. The Bertz CT molecular complexity index is 386. The average molecular weight is 250 g/mol. The van der Waals surface area contributed by atoms with Crippen LogP contribution < -0.4 is 4.74 Å². The lowest BCUT2D eigenvalue weighted by atomic mass is 10.1. The molecule has 1 aliphatic heterocycles. The Morgan fingerprint density at radius 1 is 1.33 bits per heavy atom. The standard InChI is InChI=1S/C13H18N2O3/c16-13(17)11-4-5-12(14-10-11)18-9-8-15-6-2-1-3-7-15/h4-5,10H,1-3,6-9H2,(H,16,17). The zero-order valence-electron chi connectivity index (χ0n) is 10.3. The fourth-order valence-corrected chi connectivity index (χ4v) is 2.05. The molecule has 0 aromatic carbocycles. The number of carboxylic acid groups (broad SMARTS) is 1. The van der Waals surface area contributed by atoms with Crippen molar-refractivity contribution >= 4 is 5.97 Å². The molecule has 0 aliphatic carbocycles. The zero-order valence-corrected chi connectivity index (χ0v) is 10.3. The second kappa shape index (κ2) is 6.35. The number of hydrogen-bond donors (Lipinski definition) is 1. The van der Waals surface area contributed by atoms with E-state index in [-0.39, 0.29) is 5.56 Å². The maximum atomic E-state index is 10.6. The zero-order chi connectivity index (χ0) is 12.8. The Kier molecular flexibility index (Phi) is 4.52. The van der Waals surface area contributed by atoms with Crippen LogP contribution in [0.4, 0.5) is 0 Å². The third kappa shape index (κ3) is 3.70. The van der Waals surface area contributed by atoms with Gasteiger partial charge in [-0.2, -0.15) is 0 Å². The maximum Gasteiger partial charge on any atom is 0.337 e. The largest absolute Gasteiger partial charge is 0.478 e. The Hall–Kier alpha value is -1.62. The van der Waals surface area contributed by atoms with Crippen molar-refractivity contribution in [2.24, 2.45) is 0 Å². The van der Waals surface area contributed by atoms with Crippen LogP contribution in [-0.4, -0.2) is 47.2 Å². The number of likely N-dealkylation sites (tertiary alicyclic amines) is 1. The van der Waals surface area contributed by atoms with Crippen LogP contribution >= 0.6 is 0 Å². The van der Waals surface area contributed by atoms with Gasteiger partial charge in [0, 0.05) is 18.8 Å². The minimum atomic E-state index is -0.970. The van der Waals surface area contributed by atoms with Gasteiger partial charge in [-0.1, -0.05) is 6.42 Å². The second-order valence-electron chi connectivity index (χ2n) is 4.44. The Labute approximate surface area is 106 Å². The second-order valence-corrected chi connectivity index (χ2v) is 4.44. The van der Waals surface area contributed by atoms with E-state index in [0.29, 0.717) is 12.5 Å². The SMILES string of the molecule is O=C(O)c1ccc(OCCN2CCCCC2)nc1. The lowest BCUT2D eigenvalue weighted by Gasteiger charge is -2.25. The fraction of sp³-hybridized carbons (Fsp3) is 0.538. The van der Waals surface area contributed by atoms with Crippen molar-refractivity contribution in [3.63, 3.8) is 0 Å². The van der Waals surface area contributed by atoms with Crippen LogP contribution in [0.1, 0.15) is 29.6 Å². The summed E-state index contributed by atoms with van der Waals surface area (Å²) in [5.41, 5.74) is 0.179. The van der Waals surface area contributed by atoms with Gasteiger partial charge in [0.2, 0.25) is 5.88 Å². The van der Waals surface area contributed by atoms with Crippen LogP contribution in [0.3, 0.4) is 0 Å². The van der Waals surface area contributed by atoms with Crippen LogP contribution in [0.2, 0.25) is 0 Å². The van der Waals surface area contributed by atoms with Gasteiger partial charge >= 0.3 is 5.97 Å². The first-order valence-electron chi connectivity index (χ1n) is 6.30. The van der Waals surface area contributed by atoms with Crippen molar-refractivity contribution in [1.82, 2.24) is 9.88 Å². The highest BCUT2D eigenvalue weighted by atomic mass is 16.5. The van der Waals surface area contributed by atoms with E-state index < -0.39 is 5.97 Å². The number of piperidine rings is 1. The van der Waals surface area contributed by atoms with Crippen molar-refractivity contribution in [2.75, 3.05) is 26.2 Å². The van der Waals surface area contributed by atoms with Gasteiger partial charge in [0.05, 0.1) is 5.56 Å². The molecule has 1 saturated heterocycles. The summed E-state index contributed by atoms with van der Waals surface area (Å²) in [6, 6.07) is 3.10. The lowest BCUT2D eigenvalue weighted by Crippen LogP contribution is -2.33. The molecule has 2 rings (SSSR count). The van der Waals surface area contributed by atoms with Gasteiger partial charge in [0.15, 0.2) is 0 Å². The van der Waals surface area contributed by atoms with E-state index in [9.17, 15) is 4.79 Å². The van der Waals surface area contributed by atoms with Gasteiger partial charge in [-0.3, -0.25) is 4.90 Å². The molecule has 0 saturated carbocycles. The summed E-state index contributed by atoms with van der Waals surface area (Å²) >= 11 is 0. The number of rotatable bonds is 5. The first kappa shape index (κ1) is 12.8.